The van der Waals surface area contributed by atoms with Gasteiger partial charge in [-0.1, -0.05) is 23.7 Å². The van der Waals surface area contributed by atoms with Crippen LogP contribution in [-0.2, 0) is 9.84 Å². The summed E-state index contributed by atoms with van der Waals surface area (Å²) < 4.78 is 36.1. The number of anilines is 1. The molecular formula is C16H16ClFN2O3S. The summed E-state index contributed by atoms with van der Waals surface area (Å²) in [6.07, 6.45) is 1.07. The van der Waals surface area contributed by atoms with E-state index >= 15 is 0 Å². The van der Waals surface area contributed by atoms with Gasteiger partial charge in [0.15, 0.2) is 9.84 Å². The molecule has 0 spiro atoms. The number of hydrogen-bond acceptors (Lipinski definition) is 3. The average molecular weight is 371 g/mol. The van der Waals surface area contributed by atoms with Crippen molar-refractivity contribution in [2.75, 3.05) is 11.6 Å². The summed E-state index contributed by atoms with van der Waals surface area (Å²) in [5.41, 5.74) is 0.908. The zero-order chi connectivity index (χ0) is 17.9. The van der Waals surface area contributed by atoms with Crippen molar-refractivity contribution in [2.24, 2.45) is 0 Å². The number of benzene rings is 2. The Morgan fingerprint density at radius 1 is 1.17 bits per heavy atom. The van der Waals surface area contributed by atoms with E-state index in [1.165, 1.54) is 30.3 Å². The second kappa shape index (κ2) is 7.19. The molecule has 0 heterocycles. The molecule has 8 heteroatoms. The molecule has 2 aromatic rings. The summed E-state index contributed by atoms with van der Waals surface area (Å²) >= 11 is 5.98. The van der Waals surface area contributed by atoms with E-state index in [-0.39, 0.29) is 27.5 Å². The molecule has 0 saturated heterocycles. The van der Waals surface area contributed by atoms with Gasteiger partial charge in [-0.15, -0.1) is 0 Å². The maximum Gasteiger partial charge on any atom is 0.319 e. The second-order valence-corrected chi connectivity index (χ2v) is 7.71. The van der Waals surface area contributed by atoms with Crippen molar-refractivity contribution in [2.45, 2.75) is 17.9 Å². The molecule has 0 aliphatic carbocycles. The van der Waals surface area contributed by atoms with Crippen LogP contribution in [0.15, 0.2) is 47.4 Å². The maximum atomic E-state index is 12.9. The van der Waals surface area contributed by atoms with Gasteiger partial charge in [0.05, 0.1) is 21.6 Å². The smallest absolute Gasteiger partial charge is 0.319 e. The quantitative estimate of drug-likeness (QED) is 0.860. The van der Waals surface area contributed by atoms with E-state index in [0.29, 0.717) is 0 Å². The Morgan fingerprint density at radius 2 is 1.79 bits per heavy atom. The Morgan fingerprint density at radius 3 is 2.38 bits per heavy atom. The molecule has 0 bridgehead atoms. The number of carbonyl (C=O) groups excluding carboxylic acids is 1. The maximum absolute atomic E-state index is 12.9. The highest BCUT2D eigenvalue weighted by atomic mass is 35.5. The standard InChI is InChI=1S/C16H16ClFN2O3S/c1-10(11-3-5-12(18)6-4-11)19-16(21)20-15-9-13(24(2,22)23)7-8-14(15)17/h3-10H,1-2H3,(H2,19,20,21). The minimum atomic E-state index is -3.41. The lowest BCUT2D eigenvalue weighted by molar-refractivity contribution is 0.249. The van der Waals surface area contributed by atoms with Crippen molar-refractivity contribution < 1.29 is 17.6 Å². The molecule has 5 nitrogen and oxygen atoms in total. The topological polar surface area (TPSA) is 75.3 Å². The first-order chi connectivity index (χ1) is 11.2. The first kappa shape index (κ1) is 18.2. The molecule has 2 N–H and O–H groups in total. The largest absolute Gasteiger partial charge is 0.331 e. The molecule has 0 aliphatic rings. The molecule has 2 amide bonds. The summed E-state index contributed by atoms with van der Waals surface area (Å²) in [5.74, 6) is -0.361. The fourth-order valence-electron chi connectivity index (χ4n) is 2.02. The number of nitrogens with one attached hydrogen (secondary N) is 2. The van der Waals surface area contributed by atoms with Crippen LogP contribution in [0.1, 0.15) is 18.5 Å². The van der Waals surface area contributed by atoms with Gasteiger partial charge < -0.3 is 10.6 Å². The fourth-order valence-corrected chi connectivity index (χ4v) is 2.83. The van der Waals surface area contributed by atoms with Crippen LogP contribution in [0.2, 0.25) is 5.02 Å². The number of urea groups is 1. The molecule has 2 rings (SSSR count). The number of rotatable bonds is 4. The zero-order valence-electron chi connectivity index (χ0n) is 13.0. The van der Waals surface area contributed by atoms with Gasteiger partial charge in [0.25, 0.3) is 0 Å². The molecule has 0 saturated carbocycles. The van der Waals surface area contributed by atoms with Crippen LogP contribution in [0.4, 0.5) is 14.9 Å². The van der Waals surface area contributed by atoms with E-state index in [1.807, 2.05) is 0 Å². The molecule has 128 valence electrons. The zero-order valence-corrected chi connectivity index (χ0v) is 14.6. The molecule has 24 heavy (non-hydrogen) atoms. The Labute approximate surface area is 144 Å². The van der Waals surface area contributed by atoms with E-state index in [9.17, 15) is 17.6 Å². The third-order valence-corrected chi connectivity index (χ3v) is 4.77. The Balaban J connectivity index is 2.11. The van der Waals surface area contributed by atoms with Crippen molar-refractivity contribution >= 4 is 33.2 Å². The second-order valence-electron chi connectivity index (χ2n) is 5.29. The van der Waals surface area contributed by atoms with Gasteiger partial charge in [0, 0.05) is 6.26 Å². The van der Waals surface area contributed by atoms with Gasteiger partial charge in [0.2, 0.25) is 0 Å². The van der Waals surface area contributed by atoms with Crippen LogP contribution in [-0.4, -0.2) is 20.7 Å². The Hall–Kier alpha value is -2.12. The van der Waals surface area contributed by atoms with Gasteiger partial charge in [-0.25, -0.2) is 17.6 Å². The first-order valence-corrected chi connectivity index (χ1v) is 9.26. The highest BCUT2D eigenvalue weighted by Crippen LogP contribution is 2.25. The lowest BCUT2D eigenvalue weighted by atomic mass is 10.1. The van der Waals surface area contributed by atoms with Gasteiger partial charge in [-0.3, -0.25) is 0 Å². The van der Waals surface area contributed by atoms with Crippen molar-refractivity contribution in [1.29, 1.82) is 0 Å². The Bertz CT molecular complexity index is 854. The lowest BCUT2D eigenvalue weighted by Gasteiger charge is -2.16. The number of halogens is 2. The molecule has 1 unspecified atom stereocenters. The molecule has 0 aliphatic heterocycles. The van der Waals surface area contributed by atoms with Crippen molar-refractivity contribution in [3.05, 3.63) is 58.9 Å². The number of amides is 2. The van der Waals surface area contributed by atoms with Crippen molar-refractivity contribution in [3.8, 4) is 0 Å². The highest BCUT2D eigenvalue weighted by Gasteiger charge is 2.14. The third-order valence-electron chi connectivity index (χ3n) is 3.33. The van der Waals surface area contributed by atoms with Crippen molar-refractivity contribution in [3.63, 3.8) is 0 Å². The monoisotopic (exact) mass is 370 g/mol. The number of sulfone groups is 1. The van der Waals surface area contributed by atoms with E-state index in [2.05, 4.69) is 10.6 Å². The van der Waals surface area contributed by atoms with Crippen LogP contribution in [0.5, 0.6) is 0 Å². The summed E-state index contributed by atoms with van der Waals surface area (Å²) in [6, 6.07) is 8.87. The third kappa shape index (κ3) is 4.69. The van der Waals surface area contributed by atoms with E-state index < -0.39 is 15.9 Å². The minimum absolute atomic E-state index is 0.0498. The summed E-state index contributed by atoms with van der Waals surface area (Å²) in [6.45, 7) is 1.74. The average Bonchev–Trinajstić information content (AvgIpc) is 2.48. The molecule has 0 fully saturated rings. The predicted octanol–water partition coefficient (Wildman–Crippen LogP) is 3.77. The molecule has 0 aromatic heterocycles. The SMILES string of the molecule is CC(NC(=O)Nc1cc(S(C)(=O)=O)ccc1Cl)c1ccc(F)cc1. The van der Waals surface area contributed by atoms with E-state index in [0.717, 1.165) is 11.8 Å². The van der Waals surface area contributed by atoms with Crippen LogP contribution in [0.3, 0.4) is 0 Å². The minimum Gasteiger partial charge on any atom is -0.331 e. The summed E-state index contributed by atoms with van der Waals surface area (Å²) in [5, 5.41) is 5.40. The number of hydrogen-bond donors (Lipinski definition) is 2. The summed E-state index contributed by atoms with van der Waals surface area (Å²) in [4.78, 5) is 12.1. The summed E-state index contributed by atoms with van der Waals surface area (Å²) in [7, 11) is -3.41. The van der Waals surface area contributed by atoms with Crippen LogP contribution < -0.4 is 10.6 Å². The van der Waals surface area contributed by atoms with Crippen LogP contribution in [0.25, 0.3) is 0 Å². The van der Waals surface area contributed by atoms with Gasteiger partial charge in [-0.05, 0) is 42.8 Å². The lowest BCUT2D eigenvalue weighted by Crippen LogP contribution is -2.31. The molecule has 1 atom stereocenters. The van der Waals surface area contributed by atoms with Gasteiger partial charge in [0.1, 0.15) is 5.82 Å². The fraction of sp³-hybridized carbons (Fsp3) is 0.188. The molecule has 2 aromatic carbocycles. The van der Waals surface area contributed by atoms with Crippen molar-refractivity contribution in [1.82, 2.24) is 5.32 Å². The Kier molecular flexibility index (Phi) is 5.46. The van der Waals surface area contributed by atoms with Gasteiger partial charge >= 0.3 is 6.03 Å². The molecular weight excluding hydrogens is 355 g/mol. The van der Waals surface area contributed by atoms with E-state index in [1.54, 1.807) is 19.1 Å². The first-order valence-electron chi connectivity index (χ1n) is 6.99. The highest BCUT2D eigenvalue weighted by molar-refractivity contribution is 7.90. The van der Waals surface area contributed by atoms with E-state index in [4.69, 9.17) is 11.6 Å². The van der Waals surface area contributed by atoms with Gasteiger partial charge in [-0.2, -0.15) is 0 Å². The van der Waals surface area contributed by atoms with Crippen LogP contribution in [0, 0.1) is 5.82 Å². The molecule has 0 radical (unpaired) electrons. The normalized spacial score (nSPS) is 12.5. The van der Waals surface area contributed by atoms with Crippen LogP contribution >= 0.6 is 11.6 Å². The predicted molar refractivity (Wildman–Crippen MR) is 91.5 cm³/mol. The number of carbonyl (C=O) groups is 1.